The normalized spacial score (nSPS) is 17.6. The zero-order valence-electron chi connectivity index (χ0n) is 19.8. The fourth-order valence-electron chi connectivity index (χ4n) is 5.01. The summed E-state index contributed by atoms with van der Waals surface area (Å²) < 4.78 is 8.04. The fraction of sp³-hybridized carbons (Fsp3) is 0.214. The Labute approximate surface area is 206 Å². The van der Waals surface area contributed by atoms with Gasteiger partial charge in [-0.1, -0.05) is 30.3 Å². The lowest BCUT2D eigenvalue weighted by molar-refractivity contribution is 0.414. The van der Waals surface area contributed by atoms with Crippen LogP contribution in [0.5, 0.6) is 5.75 Å². The molecule has 3 heterocycles. The molecule has 1 aliphatic heterocycles. The van der Waals surface area contributed by atoms with Crippen LogP contribution < -0.4 is 15.0 Å². The third-order valence-electron chi connectivity index (χ3n) is 6.49. The molecule has 1 aliphatic rings. The average molecular weight is 469 g/mol. The first-order valence-corrected chi connectivity index (χ1v) is 11.8. The van der Waals surface area contributed by atoms with Gasteiger partial charge in [-0.25, -0.2) is 0 Å². The summed E-state index contributed by atoms with van der Waals surface area (Å²) in [4.78, 5) is 6.86. The number of rotatable bonds is 5. The van der Waals surface area contributed by atoms with Crippen molar-refractivity contribution >= 4 is 23.0 Å². The Morgan fingerprint density at radius 3 is 2.47 bits per heavy atom. The number of methoxy groups -OCH3 is 1. The third kappa shape index (κ3) is 3.74. The number of ether oxygens (including phenoxy) is 1. The summed E-state index contributed by atoms with van der Waals surface area (Å²) in [5, 5.41) is 4.21. The number of benzene rings is 2. The monoisotopic (exact) mass is 468 g/mol. The van der Waals surface area contributed by atoms with Gasteiger partial charge in [0, 0.05) is 23.3 Å². The van der Waals surface area contributed by atoms with Crippen molar-refractivity contribution in [2.24, 2.45) is 0 Å². The zero-order valence-corrected chi connectivity index (χ0v) is 20.6. The quantitative estimate of drug-likeness (QED) is 0.365. The highest BCUT2D eigenvalue weighted by Crippen LogP contribution is 2.46. The van der Waals surface area contributed by atoms with Crippen molar-refractivity contribution in [3.05, 3.63) is 107 Å². The summed E-state index contributed by atoms with van der Waals surface area (Å²) in [6, 6.07) is 24.7. The molecule has 4 aromatic rings. The zero-order chi connectivity index (χ0) is 23.8. The number of hydrogen-bond donors (Lipinski definition) is 1. The molecule has 0 radical (unpaired) electrons. The van der Waals surface area contributed by atoms with Crippen molar-refractivity contribution < 1.29 is 4.74 Å². The lowest BCUT2D eigenvalue weighted by atomic mass is 9.96. The van der Waals surface area contributed by atoms with E-state index in [0.29, 0.717) is 5.11 Å². The first kappa shape index (κ1) is 22.2. The molecule has 2 aromatic heterocycles. The topological polar surface area (TPSA) is 42.3 Å². The molecule has 2 aromatic carbocycles. The van der Waals surface area contributed by atoms with Crippen LogP contribution in [-0.2, 0) is 0 Å². The molecule has 34 heavy (non-hydrogen) atoms. The molecule has 0 spiro atoms. The molecule has 5 rings (SSSR count). The van der Waals surface area contributed by atoms with Crippen LogP contribution in [0.1, 0.15) is 40.3 Å². The number of nitrogens with zero attached hydrogens (tertiary/aromatic N) is 3. The Bertz CT molecular complexity index is 1350. The number of pyridine rings is 1. The summed E-state index contributed by atoms with van der Waals surface area (Å²) in [6.45, 7) is 6.46. The summed E-state index contributed by atoms with van der Waals surface area (Å²) in [7, 11) is 1.69. The van der Waals surface area contributed by atoms with Crippen LogP contribution in [0.3, 0.4) is 0 Å². The second kappa shape index (κ2) is 8.95. The van der Waals surface area contributed by atoms with Crippen LogP contribution in [0.25, 0.3) is 5.69 Å². The first-order chi connectivity index (χ1) is 16.5. The number of hydrogen-bond acceptors (Lipinski definition) is 3. The van der Waals surface area contributed by atoms with E-state index in [9.17, 15) is 0 Å². The lowest BCUT2D eigenvalue weighted by Crippen LogP contribution is -2.30. The average Bonchev–Trinajstić information content (AvgIpc) is 3.34. The molecule has 5 nitrogen and oxygen atoms in total. The smallest absolute Gasteiger partial charge is 0.174 e. The molecule has 0 amide bonds. The van der Waals surface area contributed by atoms with E-state index in [0.717, 1.165) is 22.8 Å². The SMILES string of the molecule is COc1ccccc1N1C(=S)N[C@H](c2ccccn2)[C@@H]1c1cc(C)n(-c2cccc(C)c2)c1C. The minimum atomic E-state index is -0.106. The molecule has 2 atom stereocenters. The van der Waals surface area contributed by atoms with Gasteiger partial charge in [-0.3, -0.25) is 4.98 Å². The molecular weight excluding hydrogens is 440 g/mol. The van der Waals surface area contributed by atoms with E-state index in [4.69, 9.17) is 17.0 Å². The minimum Gasteiger partial charge on any atom is -0.495 e. The third-order valence-corrected chi connectivity index (χ3v) is 6.81. The van der Waals surface area contributed by atoms with Gasteiger partial charge in [0.25, 0.3) is 0 Å². The number of thiocarbonyl (C=S) groups is 1. The van der Waals surface area contributed by atoms with Crippen molar-refractivity contribution in [3.8, 4) is 11.4 Å². The van der Waals surface area contributed by atoms with Gasteiger partial charge in [0.1, 0.15) is 5.75 Å². The Hall–Kier alpha value is -3.64. The largest absolute Gasteiger partial charge is 0.495 e. The molecule has 0 unspecified atom stereocenters. The first-order valence-electron chi connectivity index (χ1n) is 11.4. The van der Waals surface area contributed by atoms with E-state index in [1.807, 2.05) is 36.5 Å². The number of para-hydroxylation sites is 2. The number of anilines is 1. The Morgan fingerprint density at radius 1 is 0.941 bits per heavy atom. The number of aromatic nitrogens is 2. The summed E-state index contributed by atoms with van der Waals surface area (Å²) >= 11 is 5.90. The molecule has 1 saturated heterocycles. The maximum absolute atomic E-state index is 5.90. The second-order valence-corrected chi connectivity index (χ2v) is 9.06. The van der Waals surface area contributed by atoms with E-state index >= 15 is 0 Å². The van der Waals surface area contributed by atoms with E-state index in [1.54, 1.807) is 7.11 Å². The molecular formula is C28H28N4OS. The molecule has 1 fully saturated rings. The van der Waals surface area contributed by atoms with Gasteiger partial charge in [0.2, 0.25) is 0 Å². The van der Waals surface area contributed by atoms with Gasteiger partial charge in [0.15, 0.2) is 5.11 Å². The molecule has 0 saturated carbocycles. The van der Waals surface area contributed by atoms with Crippen molar-refractivity contribution in [3.63, 3.8) is 0 Å². The molecule has 172 valence electrons. The summed E-state index contributed by atoms with van der Waals surface area (Å²) in [5.74, 6) is 0.783. The Kier molecular flexibility index (Phi) is 5.84. The van der Waals surface area contributed by atoms with Crippen LogP contribution in [0, 0.1) is 20.8 Å². The number of nitrogens with one attached hydrogen (secondary N) is 1. The highest BCUT2D eigenvalue weighted by molar-refractivity contribution is 7.80. The van der Waals surface area contributed by atoms with Crippen molar-refractivity contribution in [2.45, 2.75) is 32.9 Å². The fourth-order valence-corrected chi connectivity index (χ4v) is 5.35. The molecule has 1 N–H and O–H groups in total. The molecule has 0 aliphatic carbocycles. The van der Waals surface area contributed by atoms with E-state index < -0.39 is 0 Å². The second-order valence-electron chi connectivity index (χ2n) is 8.67. The van der Waals surface area contributed by atoms with Crippen LogP contribution in [-0.4, -0.2) is 21.8 Å². The van der Waals surface area contributed by atoms with Crippen molar-refractivity contribution in [2.75, 3.05) is 12.0 Å². The van der Waals surface area contributed by atoms with Crippen LogP contribution in [0.15, 0.2) is 79.0 Å². The molecule has 0 bridgehead atoms. The number of aryl methyl sites for hydroxylation is 2. The van der Waals surface area contributed by atoms with Gasteiger partial charge < -0.3 is 19.5 Å². The van der Waals surface area contributed by atoms with Gasteiger partial charge >= 0.3 is 0 Å². The summed E-state index contributed by atoms with van der Waals surface area (Å²) in [5.41, 5.74) is 7.84. The molecule has 6 heteroatoms. The van der Waals surface area contributed by atoms with Gasteiger partial charge in [-0.15, -0.1) is 0 Å². The van der Waals surface area contributed by atoms with Gasteiger partial charge in [-0.2, -0.15) is 0 Å². The van der Waals surface area contributed by atoms with Crippen LogP contribution in [0.2, 0.25) is 0 Å². The Balaban J connectivity index is 1.71. The maximum atomic E-state index is 5.90. The van der Waals surface area contributed by atoms with Crippen LogP contribution >= 0.6 is 12.2 Å². The highest BCUT2D eigenvalue weighted by atomic mass is 32.1. The van der Waals surface area contributed by atoms with Crippen molar-refractivity contribution in [1.82, 2.24) is 14.9 Å². The van der Waals surface area contributed by atoms with Crippen LogP contribution in [0.4, 0.5) is 5.69 Å². The van der Waals surface area contributed by atoms with E-state index in [-0.39, 0.29) is 12.1 Å². The van der Waals surface area contributed by atoms with E-state index in [1.165, 1.54) is 22.5 Å². The summed E-state index contributed by atoms with van der Waals surface area (Å²) in [6.07, 6.45) is 1.83. The lowest BCUT2D eigenvalue weighted by Gasteiger charge is -2.29. The predicted molar refractivity (Wildman–Crippen MR) is 141 cm³/mol. The Morgan fingerprint density at radius 2 is 1.74 bits per heavy atom. The predicted octanol–water partition coefficient (Wildman–Crippen LogP) is 5.98. The minimum absolute atomic E-state index is 0.0940. The van der Waals surface area contributed by atoms with E-state index in [2.05, 4.69) is 83.0 Å². The highest BCUT2D eigenvalue weighted by Gasteiger charge is 2.43. The van der Waals surface area contributed by atoms with Crippen molar-refractivity contribution in [1.29, 1.82) is 0 Å². The van der Waals surface area contributed by atoms with Gasteiger partial charge in [-0.05, 0) is 86.6 Å². The standard InChI is InChI=1S/C28H28N4OS/c1-18-10-9-11-21(16-18)31-19(2)17-22(20(31)3)27-26(23-12-7-8-15-29-23)30-28(34)32(27)24-13-5-6-14-25(24)33-4/h5-17,26-27H,1-4H3,(H,30,34)/t26-,27+/m1/s1. The maximum Gasteiger partial charge on any atom is 0.174 e. The van der Waals surface area contributed by atoms with Gasteiger partial charge in [0.05, 0.1) is 30.6 Å².